The molecule has 6 nitrogen and oxygen atoms in total. The normalized spacial score (nSPS) is 11.8. The van der Waals surface area contributed by atoms with E-state index < -0.39 is 5.41 Å². The molecule has 1 amide bonds. The van der Waals surface area contributed by atoms with Gasteiger partial charge in [0.25, 0.3) is 5.56 Å². The van der Waals surface area contributed by atoms with Gasteiger partial charge in [-0.2, -0.15) is 11.3 Å². The fourth-order valence-electron chi connectivity index (χ4n) is 2.21. The van der Waals surface area contributed by atoms with Crippen LogP contribution in [-0.2, 0) is 11.2 Å². The summed E-state index contributed by atoms with van der Waals surface area (Å²) in [6, 6.07) is 2.03. The Morgan fingerprint density at radius 2 is 2.12 bits per heavy atom. The first-order chi connectivity index (χ1) is 11.3. The number of H-pyrrole nitrogens is 2. The number of nitrogens with zero attached hydrogens (tertiary/aromatic N) is 1. The van der Waals surface area contributed by atoms with Gasteiger partial charge < -0.3 is 4.98 Å². The van der Waals surface area contributed by atoms with Crippen molar-refractivity contribution >= 4 is 50.2 Å². The summed E-state index contributed by atoms with van der Waals surface area (Å²) in [5, 5.41) is 6.74. The van der Waals surface area contributed by atoms with Crippen LogP contribution in [0.2, 0.25) is 0 Å². The first-order valence-electron chi connectivity index (χ1n) is 7.38. The number of carbonyl (C=O) groups excluding carboxylic acids is 1. The van der Waals surface area contributed by atoms with Crippen LogP contribution >= 0.6 is 27.3 Å². The van der Waals surface area contributed by atoms with E-state index in [0.717, 1.165) is 15.7 Å². The van der Waals surface area contributed by atoms with Crippen LogP contribution in [0.3, 0.4) is 0 Å². The van der Waals surface area contributed by atoms with E-state index >= 15 is 0 Å². The molecule has 0 bridgehead atoms. The summed E-state index contributed by atoms with van der Waals surface area (Å²) in [6.07, 6.45) is 0.646. The van der Waals surface area contributed by atoms with Crippen LogP contribution < -0.4 is 10.9 Å². The third-order valence-electron chi connectivity index (χ3n) is 3.58. The minimum atomic E-state index is -0.578. The molecule has 0 aliphatic heterocycles. The van der Waals surface area contributed by atoms with E-state index in [1.165, 1.54) is 0 Å². The van der Waals surface area contributed by atoms with Crippen LogP contribution in [0.4, 0.5) is 5.95 Å². The Morgan fingerprint density at radius 1 is 1.38 bits per heavy atom. The predicted octanol–water partition coefficient (Wildman–Crippen LogP) is 3.65. The van der Waals surface area contributed by atoms with Gasteiger partial charge in [-0.3, -0.25) is 19.9 Å². The lowest BCUT2D eigenvalue weighted by molar-refractivity contribution is -0.123. The summed E-state index contributed by atoms with van der Waals surface area (Å²) in [6.45, 7) is 5.40. The molecule has 24 heavy (non-hydrogen) atoms. The molecule has 0 atom stereocenters. The van der Waals surface area contributed by atoms with Crippen molar-refractivity contribution in [2.75, 3.05) is 5.32 Å². The molecule has 0 unspecified atom stereocenters. The van der Waals surface area contributed by atoms with E-state index in [1.54, 1.807) is 32.1 Å². The van der Waals surface area contributed by atoms with Crippen LogP contribution in [0.5, 0.6) is 0 Å². The second-order valence-electron chi connectivity index (χ2n) is 6.57. The van der Waals surface area contributed by atoms with Crippen molar-refractivity contribution in [3.8, 4) is 0 Å². The van der Waals surface area contributed by atoms with Crippen molar-refractivity contribution in [1.82, 2.24) is 15.0 Å². The number of fused-ring (bicyclic) bond motifs is 1. The van der Waals surface area contributed by atoms with Gasteiger partial charge in [-0.1, -0.05) is 20.8 Å². The molecule has 3 aromatic rings. The number of thiophene rings is 1. The van der Waals surface area contributed by atoms with Gasteiger partial charge in [0.15, 0.2) is 0 Å². The van der Waals surface area contributed by atoms with E-state index in [9.17, 15) is 9.59 Å². The molecule has 0 radical (unpaired) electrons. The van der Waals surface area contributed by atoms with Crippen molar-refractivity contribution in [3.05, 3.63) is 42.9 Å². The summed E-state index contributed by atoms with van der Waals surface area (Å²) >= 11 is 5.08. The van der Waals surface area contributed by atoms with Gasteiger partial charge in [0, 0.05) is 17.4 Å². The topological polar surface area (TPSA) is 90.6 Å². The second kappa shape index (κ2) is 6.18. The summed E-state index contributed by atoms with van der Waals surface area (Å²) in [4.78, 5) is 34.5. The fourth-order valence-corrected chi connectivity index (χ4v) is 3.40. The standard InChI is InChI=1S/C16H17BrN4O2S/c1-16(2,3)14(23)21-15-19-10-9(6-8-4-5-24-7-8)12(17)18-11(10)13(22)20-15/h4-5,7,18H,6H2,1-3H3,(H2,19,20,21,22,23). The lowest BCUT2D eigenvalue weighted by atomic mass is 9.96. The molecular formula is C16H17BrN4O2S. The second-order valence-corrected chi connectivity index (χ2v) is 8.14. The molecule has 0 fully saturated rings. The van der Waals surface area contributed by atoms with Gasteiger partial charge in [0.05, 0.1) is 4.60 Å². The Labute approximate surface area is 150 Å². The summed E-state index contributed by atoms with van der Waals surface area (Å²) < 4.78 is 0.723. The summed E-state index contributed by atoms with van der Waals surface area (Å²) in [7, 11) is 0. The Kier molecular flexibility index (Phi) is 4.35. The molecule has 3 heterocycles. The lowest BCUT2D eigenvalue weighted by Gasteiger charge is -2.16. The van der Waals surface area contributed by atoms with Crippen molar-refractivity contribution in [3.63, 3.8) is 0 Å². The number of amides is 1. The van der Waals surface area contributed by atoms with Gasteiger partial charge in [-0.05, 0) is 38.3 Å². The van der Waals surface area contributed by atoms with Gasteiger partial charge >= 0.3 is 0 Å². The van der Waals surface area contributed by atoms with Crippen molar-refractivity contribution < 1.29 is 4.79 Å². The zero-order valence-electron chi connectivity index (χ0n) is 13.5. The highest BCUT2D eigenvalue weighted by Crippen LogP contribution is 2.27. The number of aromatic amines is 2. The Hall–Kier alpha value is -1.93. The molecule has 126 valence electrons. The quantitative estimate of drug-likeness (QED) is 0.617. The zero-order valence-corrected chi connectivity index (χ0v) is 15.9. The smallest absolute Gasteiger partial charge is 0.276 e. The molecule has 0 spiro atoms. The van der Waals surface area contributed by atoms with Crippen LogP contribution in [0.25, 0.3) is 11.0 Å². The van der Waals surface area contributed by atoms with E-state index in [-0.39, 0.29) is 17.4 Å². The fraction of sp³-hybridized carbons (Fsp3) is 0.312. The number of halogens is 1. The van der Waals surface area contributed by atoms with Crippen LogP contribution in [0, 0.1) is 5.41 Å². The molecule has 0 aromatic carbocycles. The Bertz CT molecular complexity index is 951. The summed E-state index contributed by atoms with van der Waals surface area (Å²) in [5.74, 6) is -0.0514. The average Bonchev–Trinajstić information content (AvgIpc) is 3.09. The Balaban J connectivity index is 2.05. The van der Waals surface area contributed by atoms with Gasteiger partial charge in [-0.25, -0.2) is 4.98 Å². The van der Waals surface area contributed by atoms with Crippen LogP contribution in [0.1, 0.15) is 31.9 Å². The molecule has 0 saturated heterocycles. The number of carbonyl (C=O) groups is 1. The average molecular weight is 409 g/mol. The Morgan fingerprint density at radius 3 is 2.75 bits per heavy atom. The minimum Gasteiger partial charge on any atom is -0.343 e. The largest absolute Gasteiger partial charge is 0.343 e. The maximum Gasteiger partial charge on any atom is 0.276 e. The molecule has 8 heteroatoms. The van der Waals surface area contributed by atoms with E-state index in [0.29, 0.717) is 17.5 Å². The highest BCUT2D eigenvalue weighted by atomic mass is 79.9. The highest BCUT2D eigenvalue weighted by molar-refractivity contribution is 9.10. The molecule has 0 aliphatic carbocycles. The first kappa shape index (κ1) is 16.9. The third-order valence-corrected chi connectivity index (χ3v) is 4.99. The molecule has 0 aliphatic rings. The van der Waals surface area contributed by atoms with Crippen molar-refractivity contribution in [1.29, 1.82) is 0 Å². The van der Waals surface area contributed by atoms with Crippen LogP contribution in [0.15, 0.2) is 26.2 Å². The van der Waals surface area contributed by atoms with Gasteiger partial charge in [0.2, 0.25) is 11.9 Å². The zero-order chi connectivity index (χ0) is 17.5. The van der Waals surface area contributed by atoms with Gasteiger partial charge in [-0.15, -0.1) is 0 Å². The monoisotopic (exact) mass is 408 g/mol. The molecular weight excluding hydrogens is 392 g/mol. The van der Waals surface area contributed by atoms with E-state index in [4.69, 9.17) is 0 Å². The van der Waals surface area contributed by atoms with E-state index in [2.05, 4.69) is 41.6 Å². The lowest BCUT2D eigenvalue weighted by Crippen LogP contribution is -2.29. The van der Waals surface area contributed by atoms with Crippen molar-refractivity contribution in [2.45, 2.75) is 27.2 Å². The van der Waals surface area contributed by atoms with Crippen LogP contribution in [-0.4, -0.2) is 20.9 Å². The summed E-state index contributed by atoms with van der Waals surface area (Å²) in [5.41, 5.74) is 2.08. The minimum absolute atomic E-state index is 0.158. The number of anilines is 1. The SMILES string of the molecule is CC(C)(C)C(=O)Nc1nc2c(Cc3ccsc3)c(Br)[nH]c2c(=O)[nH]1. The number of hydrogen-bond donors (Lipinski definition) is 3. The number of rotatable bonds is 3. The maximum atomic E-state index is 12.3. The number of nitrogens with one attached hydrogen (secondary N) is 3. The van der Waals surface area contributed by atoms with E-state index in [1.807, 2.05) is 11.4 Å². The molecule has 0 saturated carbocycles. The molecule has 3 N–H and O–H groups in total. The molecule has 3 rings (SSSR count). The number of aromatic nitrogens is 3. The maximum absolute atomic E-state index is 12.3. The highest BCUT2D eigenvalue weighted by Gasteiger charge is 2.23. The first-order valence-corrected chi connectivity index (χ1v) is 9.12. The third kappa shape index (κ3) is 3.29. The number of hydrogen-bond acceptors (Lipinski definition) is 4. The molecule has 3 aromatic heterocycles. The van der Waals surface area contributed by atoms with Gasteiger partial charge in [0.1, 0.15) is 11.0 Å². The predicted molar refractivity (Wildman–Crippen MR) is 99.6 cm³/mol. The van der Waals surface area contributed by atoms with Crippen molar-refractivity contribution in [2.24, 2.45) is 5.41 Å².